The molecule has 6 nitrogen and oxygen atoms in total. The lowest BCUT2D eigenvalue weighted by atomic mass is 10.3. The quantitative estimate of drug-likeness (QED) is 0.599. The standard InChI is InChI=1S/C12H18ClN5O/c1-4-17(6-7-19-5-2)11-9(3)10(13)16-12-14-8-15-18(11)12/h8H,4-7H2,1-3H3. The van der Waals surface area contributed by atoms with Crippen LogP contribution in [0.2, 0.25) is 5.15 Å². The maximum Gasteiger partial charge on any atom is 0.255 e. The normalized spacial score (nSPS) is 11.2. The van der Waals surface area contributed by atoms with Crippen molar-refractivity contribution in [1.82, 2.24) is 19.6 Å². The maximum absolute atomic E-state index is 6.16. The highest BCUT2D eigenvalue weighted by Crippen LogP contribution is 2.25. The number of nitrogens with zero attached hydrogens (tertiary/aromatic N) is 5. The van der Waals surface area contributed by atoms with Crippen LogP contribution in [-0.4, -0.2) is 45.9 Å². The van der Waals surface area contributed by atoms with E-state index in [2.05, 4.69) is 26.9 Å². The molecule has 0 aliphatic rings. The summed E-state index contributed by atoms with van der Waals surface area (Å²) in [5.41, 5.74) is 0.901. The van der Waals surface area contributed by atoms with Crippen molar-refractivity contribution < 1.29 is 4.74 Å². The first-order chi connectivity index (χ1) is 9.19. The lowest BCUT2D eigenvalue weighted by molar-refractivity contribution is 0.154. The summed E-state index contributed by atoms with van der Waals surface area (Å²) in [5.74, 6) is 1.44. The van der Waals surface area contributed by atoms with Crippen LogP contribution in [0.5, 0.6) is 0 Å². The molecule has 0 aromatic carbocycles. The molecule has 104 valence electrons. The number of rotatable bonds is 6. The van der Waals surface area contributed by atoms with E-state index in [1.807, 2.05) is 13.8 Å². The second-order valence-electron chi connectivity index (χ2n) is 4.10. The Morgan fingerprint density at radius 1 is 1.42 bits per heavy atom. The first-order valence-electron chi connectivity index (χ1n) is 6.37. The lowest BCUT2D eigenvalue weighted by Gasteiger charge is -2.25. The molecule has 0 radical (unpaired) electrons. The van der Waals surface area contributed by atoms with Gasteiger partial charge in [-0.25, -0.2) is 0 Å². The van der Waals surface area contributed by atoms with Gasteiger partial charge in [-0.15, -0.1) is 0 Å². The summed E-state index contributed by atoms with van der Waals surface area (Å²) in [5, 5.41) is 4.68. The summed E-state index contributed by atoms with van der Waals surface area (Å²) in [7, 11) is 0. The molecule has 2 aromatic rings. The highest BCUT2D eigenvalue weighted by molar-refractivity contribution is 6.30. The van der Waals surface area contributed by atoms with Crippen molar-refractivity contribution >= 4 is 23.2 Å². The van der Waals surface area contributed by atoms with Gasteiger partial charge in [-0.3, -0.25) is 0 Å². The maximum atomic E-state index is 6.16. The van der Waals surface area contributed by atoms with Crippen molar-refractivity contribution in [3.63, 3.8) is 0 Å². The van der Waals surface area contributed by atoms with Crippen molar-refractivity contribution in [3.05, 3.63) is 17.0 Å². The van der Waals surface area contributed by atoms with Crippen LogP contribution in [0.4, 0.5) is 5.82 Å². The largest absolute Gasteiger partial charge is 0.380 e. The second kappa shape index (κ2) is 6.16. The van der Waals surface area contributed by atoms with E-state index < -0.39 is 0 Å². The van der Waals surface area contributed by atoms with Gasteiger partial charge in [-0.2, -0.15) is 19.6 Å². The Hall–Kier alpha value is -1.40. The molecule has 0 aliphatic heterocycles. The average Bonchev–Trinajstić information content (AvgIpc) is 2.85. The fourth-order valence-corrected chi connectivity index (χ4v) is 2.15. The van der Waals surface area contributed by atoms with E-state index in [0.717, 1.165) is 24.5 Å². The van der Waals surface area contributed by atoms with Crippen molar-refractivity contribution in [2.75, 3.05) is 31.2 Å². The second-order valence-corrected chi connectivity index (χ2v) is 4.46. The Bertz CT molecular complexity index is 556. The van der Waals surface area contributed by atoms with E-state index in [1.165, 1.54) is 6.33 Å². The highest BCUT2D eigenvalue weighted by Gasteiger charge is 2.17. The van der Waals surface area contributed by atoms with Crippen LogP contribution in [0.25, 0.3) is 5.78 Å². The third kappa shape index (κ3) is 2.79. The summed E-state index contributed by atoms with van der Waals surface area (Å²) < 4.78 is 7.13. The monoisotopic (exact) mass is 283 g/mol. The van der Waals surface area contributed by atoms with E-state index >= 15 is 0 Å². The van der Waals surface area contributed by atoms with Gasteiger partial charge in [0, 0.05) is 25.3 Å². The van der Waals surface area contributed by atoms with E-state index in [4.69, 9.17) is 16.3 Å². The molecule has 0 amide bonds. The van der Waals surface area contributed by atoms with Crippen molar-refractivity contribution in [2.45, 2.75) is 20.8 Å². The van der Waals surface area contributed by atoms with Gasteiger partial charge < -0.3 is 9.64 Å². The molecule has 0 saturated heterocycles. The zero-order valence-electron chi connectivity index (χ0n) is 11.4. The first kappa shape index (κ1) is 14.0. The molecule has 2 aromatic heterocycles. The highest BCUT2D eigenvalue weighted by atomic mass is 35.5. The first-order valence-corrected chi connectivity index (χ1v) is 6.75. The minimum Gasteiger partial charge on any atom is -0.380 e. The topological polar surface area (TPSA) is 55.5 Å². The summed E-state index contributed by atoms with van der Waals surface area (Å²) in [4.78, 5) is 10.5. The van der Waals surface area contributed by atoms with E-state index in [1.54, 1.807) is 4.52 Å². The van der Waals surface area contributed by atoms with E-state index in [-0.39, 0.29) is 0 Å². The Morgan fingerprint density at radius 2 is 2.21 bits per heavy atom. The van der Waals surface area contributed by atoms with Crippen LogP contribution in [-0.2, 0) is 4.74 Å². The van der Waals surface area contributed by atoms with Crippen LogP contribution in [0.3, 0.4) is 0 Å². The van der Waals surface area contributed by atoms with E-state index in [0.29, 0.717) is 24.1 Å². The Morgan fingerprint density at radius 3 is 2.89 bits per heavy atom. The molecule has 0 unspecified atom stereocenters. The smallest absolute Gasteiger partial charge is 0.255 e. The van der Waals surface area contributed by atoms with Crippen molar-refractivity contribution in [1.29, 1.82) is 0 Å². The minimum absolute atomic E-state index is 0.463. The Balaban J connectivity index is 2.40. The molecule has 0 spiro atoms. The molecule has 19 heavy (non-hydrogen) atoms. The number of anilines is 1. The number of hydrogen-bond donors (Lipinski definition) is 0. The van der Waals surface area contributed by atoms with Crippen LogP contribution in [0.15, 0.2) is 6.33 Å². The molecule has 0 atom stereocenters. The molecule has 2 rings (SSSR count). The van der Waals surface area contributed by atoms with Crippen LogP contribution in [0.1, 0.15) is 19.4 Å². The minimum atomic E-state index is 0.463. The molecule has 2 heterocycles. The predicted octanol–water partition coefficient (Wildman–Crippen LogP) is 1.95. The molecule has 0 bridgehead atoms. The van der Waals surface area contributed by atoms with Crippen LogP contribution >= 0.6 is 11.6 Å². The van der Waals surface area contributed by atoms with Crippen LogP contribution < -0.4 is 4.90 Å². The number of aromatic nitrogens is 4. The third-order valence-corrected chi connectivity index (χ3v) is 3.33. The number of likely N-dealkylation sites (N-methyl/N-ethyl adjacent to an activating group) is 1. The molecule has 7 heteroatoms. The SMILES string of the molecule is CCOCCN(CC)c1c(C)c(Cl)nc2ncnn12. The molecule has 0 saturated carbocycles. The van der Waals surface area contributed by atoms with Gasteiger partial charge in [0.25, 0.3) is 5.78 Å². The van der Waals surface area contributed by atoms with Gasteiger partial charge in [-0.05, 0) is 20.8 Å². The number of hydrogen-bond acceptors (Lipinski definition) is 5. The molecular formula is C12H18ClN5O. The number of ether oxygens (including phenoxy) is 1. The summed E-state index contributed by atoms with van der Waals surface area (Å²) in [6.45, 7) is 9.01. The van der Waals surface area contributed by atoms with Gasteiger partial charge >= 0.3 is 0 Å². The molecular weight excluding hydrogens is 266 g/mol. The van der Waals surface area contributed by atoms with Gasteiger partial charge in [0.1, 0.15) is 17.3 Å². The predicted molar refractivity (Wildman–Crippen MR) is 74.9 cm³/mol. The average molecular weight is 284 g/mol. The fraction of sp³-hybridized carbons (Fsp3) is 0.583. The van der Waals surface area contributed by atoms with Gasteiger partial charge in [0.15, 0.2) is 0 Å². The van der Waals surface area contributed by atoms with Gasteiger partial charge in [0.05, 0.1) is 6.61 Å². The molecule has 0 aliphatic carbocycles. The summed E-state index contributed by atoms with van der Waals surface area (Å²) in [6.07, 6.45) is 1.48. The van der Waals surface area contributed by atoms with Gasteiger partial charge in [-0.1, -0.05) is 11.6 Å². The number of fused-ring (bicyclic) bond motifs is 1. The van der Waals surface area contributed by atoms with Crippen molar-refractivity contribution in [3.8, 4) is 0 Å². The molecule has 0 N–H and O–H groups in total. The van der Waals surface area contributed by atoms with Gasteiger partial charge in [0.2, 0.25) is 0 Å². The van der Waals surface area contributed by atoms with Crippen molar-refractivity contribution in [2.24, 2.45) is 0 Å². The Labute approximate surface area is 117 Å². The zero-order chi connectivity index (χ0) is 13.8. The van der Waals surface area contributed by atoms with Crippen LogP contribution in [0, 0.1) is 6.92 Å². The number of halogens is 1. The van der Waals surface area contributed by atoms with E-state index in [9.17, 15) is 0 Å². The molecule has 0 fully saturated rings. The summed E-state index contributed by atoms with van der Waals surface area (Å²) in [6, 6.07) is 0. The fourth-order valence-electron chi connectivity index (χ4n) is 1.99. The summed E-state index contributed by atoms with van der Waals surface area (Å²) >= 11 is 6.16. The Kier molecular flexibility index (Phi) is 4.55. The third-order valence-electron chi connectivity index (χ3n) is 2.96. The zero-order valence-corrected chi connectivity index (χ0v) is 12.2. The lowest BCUT2D eigenvalue weighted by Crippen LogP contribution is -2.30.